The van der Waals surface area contributed by atoms with Gasteiger partial charge in [0.05, 0.1) is 36.2 Å². The van der Waals surface area contributed by atoms with E-state index in [2.05, 4.69) is 10.3 Å². The second-order valence-electron chi connectivity index (χ2n) is 6.20. The lowest BCUT2D eigenvalue weighted by Gasteiger charge is -2.41. The lowest BCUT2D eigenvalue weighted by atomic mass is 9.99. The number of piperidine rings is 1. The standard InChI is InChI=1S/C16H15F3N4O2/c17-16(18,19)11-3-1-10(2-4-11)15(24)22-6-5-14-13(8-22)23-12(9-25-14)7-20-21-23/h1-4,7,13-14H,5-6,8-9H2/t13-,14+/m1/s1. The summed E-state index contributed by atoms with van der Waals surface area (Å²) in [7, 11) is 0. The van der Waals surface area contributed by atoms with Gasteiger partial charge in [0, 0.05) is 18.7 Å². The minimum Gasteiger partial charge on any atom is -0.370 e. The van der Waals surface area contributed by atoms with Gasteiger partial charge in [-0.3, -0.25) is 4.79 Å². The second kappa shape index (κ2) is 5.83. The Bertz CT molecular complexity index is 787. The van der Waals surface area contributed by atoms with Crippen molar-refractivity contribution in [1.29, 1.82) is 0 Å². The number of ether oxygens (including phenoxy) is 1. The van der Waals surface area contributed by atoms with Crippen molar-refractivity contribution in [1.82, 2.24) is 19.9 Å². The molecule has 2 atom stereocenters. The van der Waals surface area contributed by atoms with E-state index in [1.165, 1.54) is 12.1 Å². The van der Waals surface area contributed by atoms with Crippen molar-refractivity contribution in [3.05, 3.63) is 47.3 Å². The van der Waals surface area contributed by atoms with E-state index in [4.69, 9.17) is 4.74 Å². The third-order valence-electron chi connectivity index (χ3n) is 4.67. The fourth-order valence-corrected chi connectivity index (χ4v) is 3.35. The van der Waals surface area contributed by atoms with Gasteiger partial charge in [0.25, 0.3) is 5.91 Å². The van der Waals surface area contributed by atoms with Crippen molar-refractivity contribution < 1.29 is 22.7 Å². The van der Waals surface area contributed by atoms with Gasteiger partial charge in [-0.05, 0) is 30.7 Å². The summed E-state index contributed by atoms with van der Waals surface area (Å²) >= 11 is 0. The fraction of sp³-hybridized carbons (Fsp3) is 0.438. The Morgan fingerprint density at radius 3 is 2.72 bits per heavy atom. The lowest BCUT2D eigenvalue weighted by Crippen LogP contribution is -2.49. The van der Waals surface area contributed by atoms with Gasteiger partial charge in [-0.1, -0.05) is 5.21 Å². The monoisotopic (exact) mass is 352 g/mol. The number of rotatable bonds is 1. The van der Waals surface area contributed by atoms with Crippen molar-refractivity contribution in [3.63, 3.8) is 0 Å². The number of fused-ring (bicyclic) bond motifs is 3. The number of alkyl halides is 3. The molecular weight excluding hydrogens is 337 g/mol. The molecule has 25 heavy (non-hydrogen) atoms. The van der Waals surface area contributed by atoms with Crippen LogP contribution in [-0.4, -0.2) is 45.0 Å². The zero-order chi connectivity index (χ0) is 17.6. The number of carbonyl (C=O) groups is 1. The summed E-state index contributed by atoms with van der Waals surface area (Å²) in [6, 6.07) is 4.17. The van der Waals surface area contributed by atoms with E-state index in [-0.39, 0.29) is 23.6 Å². The maximum Gasteiger partial charge on any atom is 0.416 e. The Morgan fingerprint density at radius 1 is 1.24 bits per heavy atom. The number of amides is 1. The third kappa shape index (κ3) is 2.88. The van der Waals surface area contributed by atoms with Crippen LogP contribution in [-0.2, 0) is 17.5 Å². The predicted octanol–water partition coefficient (Wildman–Crippen LogP) is 2.28. The highest BCUT2D eigenvalue weighted by Gasteiger charge is 2.38. The molecule has 0 unspecified atom stereocenters. The number of benzene rings is 1. The van der Waals surface area contributed by atoms with Crippen LogP contribution in [0, 0.1) is 0 Å². The number of nitrogens with zero attached hydrogens (tertiary/aromatic N) is 4. The molecule has 3 heterocycles. The first-order valence-corrected chi connectivity index (χ1v) is 7.90. The highest BCUT2D eigenvalue weighted by atomic mass is 19.4. The molecule has 4 rings (SSSR count). The molecule has 2 aromatic rings. The molecule has 0 spiro atoms. The highest BCUT2D eigenvalue weighted by Crippen LogP contribution is 2.32. The fourth-order valence-electron chi connectivity index (χ4n) is 3.35. The SMILES string of the molecule is O=C(c1ccc(C(F)(F)F)cc1)N1CC[C@@H]2OCc3cnnn3[C@@H]2C1. The average Bonchev–Trinajstić information content (AvgIpc) is 3.09. The van der Waals surface area contributed by atoms with Crippen LogP contribution >= 0.6 is 0 Å². The average molecular weight is 352 g/mol. The number of aromatic nitrogens is 3. The van der Waals surface area contributed by atoms with Crippen LogP contribution in [0.4, 0.5) is 13.2 Å². The molecule has 0 radical (unpaired) electrons. The summed E-state index contributed by atoms with van der Waals surface area (Å²) in [6.07, 6.45) is -2.17. The molecule has 1 amide bonds. The van der Waals surface area contributed by atoms with E-state index >= 15 is 0 Å². The van der Waals surface area contributed by atoms with Crippen LogP contribution in [0.25, 0.3) is 0 Å². The van der Waals surface area contributed by atoms with Crippen molar-refractivity contribution >= 4 is 5.91 Å². The number of hydrogen-bond acceptors (Lipinski definition) is 4. The summed E-state index contributed by atoms with van der Waals surface area (Å²) in [4.78, 5) is 14.3. The van der Waals surface area contributed by atoms with Crippen LogP contribution in [0.15, 0.2) is 30.5 Å². The third-order valence-corrected chi connectivity index (χ3v) is 4.67. The largest absolute Gasteiger partial charge is 0.416 e. The van der Waals surface area contributed by atoms with Crippen LogP contribution in [0.2, 0.25) is 0 Å². The maximum atomic E-state index is 12.6. The molecule has 2 aliphatic rings. The number of carbonyl (C=O) groups excluding carboxylic acids is 1. The molecule has 0 saturated carbocycles. The van der Waals surface area contributed by atoms with Gasteiger partial charge in [-0.25, -0.2) is 4.68 Å². The zero-order valence-electron chi connectivity index (χ0n) is 13.1. The van der Waals surface area contributed by atoms with Crippen molar-refractivity contribution in [2.75, 3.05) is 13.1 Å². The topological polar surface area (TPSA) is 60.3 Å². The molecule has 0 aliphatic carbocycles. The first kappa shape index (κ1) is 16.1. The Hall–Kier alpha value is -2.42. The van der Waals surface area contributed by atoms with E-state index < -0.39 is 11.7 Å². The molecule has 2 aliphatic heterocycles. The molecule has 1 saturated heterocycles. The predicted molar refractivity (Wildman–Crippen MR) is 79.6 cm³/mol. The number of likely N-dealkylation sites (tertiary alicyclic amines) is 1. The van der Waals surface area contributed by atoms with Gasteiger partial charge in [0.2, 0.25) is 0 Å². The molecule has 1 aromatic heterocycles. The summed E-state index contributed by atoms with van der Waals surface area (Å²) < 4.78 is 45.5. The van der Waals surface area contributed by atoms with Gasteiger partial charge in [0.15, 0.2) is 0 Å². The first-order chi connectivity index (χ1) is 11.9. The molecular formula is C16H15F3N4O2. The second-order valence-corrected chi connectivity index (χ2v) is 6.20. The van der Waals surface area contributed by atoms with Crippen LogP contribution < -0.4 is 0 Å². The minimum absolute atomic E-state index is 0.0362. The van der Waals surface area contributed by atoms with E-state index in [1.54, 1.807) is 15.8 Å². The molecule has 0 bridgehead atoms. The molecule has 1 fully saturated rings. The normalized spacial score (nSPS) is 23.1. The van der Waals surface area contributed by atoms with Gasteiger partial charge < -0.3 is 9.64 Å². The van der Waals surface area contributed by atoms with Crippen LogP contribution in [0.5, 0.6) is 0 Å². The van der Waals surface area contributed by atoms with Crippen LogP contribution in [0.1, 0.15) is 34.1 Å². The summed E-state index contributed by atoms with van der Waals surface area (Å²) in [5.74, 6) is -0.292. The Morgan fingerprint density at radius 2 is 2.00 bits per heavy atom. The van der Waals surface area contributed by atoms with E-state index in [1.807, 2.05) is 0 Å². The molecule has 0 N–H and O–H groups in total. The van der Waals surface area contributed by atoms with Gasteiger partial charge >= 0.3 is 6.18 Å². The molecule has 6 nitrogen and oxygen atoms in total. The summed E-state index contributed by atoms with van der Waals surface area (Å²) in [5, 5.41) is 7.95. The highest BCUT2D eigenvalue weighted by molar-refractivity contribution is 5.94. The minimum atomic E-state index is -4.41. The number of halogens is 3. The van der Waals surface area contributed by atoms with Crippen molar-refractivity contribution in [3.8, 4) is 0 Å². The molecule has 9 heteroatoms. The van der Waals surface area contributed by atoms with Crippen molar-refractivity contribution in [2.45, 2.75) is 31.3 Å². The lowest BCUT2D eigenvalue weighted by molar-refractivity contribution is -0.137. The van der Waals surface area contributed by atoms with E-state index in [0.717, 1.165) is 17.8 Å². The van der Waals surface area contributed by atoms with Crippen molar-refractivity contribution in [2.24, 2.45) is 0 Å². The van der Waals surface area contributed by atoms with E-state index in [9.17, 15) is 18.0 Å². The number of hydrogen-bond donors (Lipinski definition) is 0. The summed E-state index contributed by atoms with van der Waals surface area (Å²) in [6.45, 7) is 1.33. The maximum absolute atomic E-state index is 12.6. The van der Waals surface area contributed by atoms with Crippen LogP contribution in [0.3, 0.4) is 0 Å². The van der Waals surface area contributed by atoms with Gasteiger partial charge in [-0.15, -0.1) is 5.10 Å². The quantitative estimate of drug-likeness (QED) is 0.790. The Kier molecular flexibility index (Phi) is 3.75. The molecule has 132 valence electrons. The van der Waals surface area contributed by atoms with E-state index in [0.29, 0.717) is 26.1 Å². The smallest absolute Gasteiger partial charge is 0.370 e. The Balaban J connectivity index is 1.52. The van der Waals surface area contributed by atoms with Gasteiger partial charge in [0.1, 0.15) is 0 Å². The van der Waals surface area contributed by atoms with Gasteiger partial charge in [-0.2, -0.15) is 13.2 Å². The first-order valence-electron chi connectivity index (χ1n) is 7.90. The summed E-state index contributed by atoms with van der Waals surface area (Å²) in [5.41, 5.74) is 0.322. The Labute approximate surface area is 141 Å². The zero-order valence-corrected chi connectivity index (χ0v) is 13.1. The molecule has 1 aromatic carbocycles.